The lowest BCUT2D eigenvalue weighted by atomic mass is 9.70. The molecule has 0 amide bonds. The summed E-state index contributed by atoms with van der Waals surface area (Å²) in [4.78, 5) is 2.46. The van der Waals surface area contributed by atoms with Gasteiger partial charge in [-0.2, -0.15) is 0 Å². The Hall–Kier alpha value is -6.64. The third-order valence-electron chi connectivity index (χ3n) is 11.1. The fraction of sp³-hybridized carbons (Fsp3) is 0.0204. The molecule has 2 heteroatoms. The molecule has 0 unspecified atom stereocenters. The molecule has 0 bridgehead atoms. The minimum Gasteiger partial charge on any atom is -0.456 e. The molecule has 9 aromatic rings. The number of furan rings is 1. The van der Waals surface area contributed by atoms with Gasteiger partial charge in [0.2, 0.25) is 0 Å². The molecular formula is C49H31NO. The van der Waals surface area contributed by atoms with E-state index in [0.29, 0.717) is 0 Å². The molecule has 2 aliphatic carbocycles. The summed E-state index contributed by atoms with van der Waals surface area (Å²) in [5, 5.41) is 2.23. The number of benzene rings is 8. The van der Waals surface area contributed by atoms with Crippen LogP contribution in [0, 0.1) is 0 Å². The fourth-order valence-corrected chi connectivity index (χ4v) is 9.06. The highest BCUT2D eigenvalue weighted by Crippen LogP contribution is 2.66. The second kappa shape index (κ2) is 10.7. The van der Waals surface area contributed by atoms with E-state index in [1.54, 1.807) is 0 Å². The van der Waals surface area contributed by atoms with Crippen LogP contribution in [0.15, 0.2) is 192 Å². The van der Waals surface area contributed by atoms with Crippen LogP contribution in [0.1, 0.15) is 22.3 Å². The summed E-state index contributed by atoms with van der Waals surface area (Å²) in [6, 6.07) is 68.3. The zero-order chi connectivity index (χ0) is 33.5. The first-order valence-electron chi connectivity index (χ1n) is 17.6. The van der Waals surface area contributed by atoms with Gasteiger partial charge in [0.1, 0.15) is 11.2 Å². The van der Waals surface area contributed by atoms with Crippen LogP contribution in [0.5, 0.6) is 0 Å². The van der Waals surface area contributed by atoms with Crippen LogP contribution < -0.4 is 4.90 Å². The van der Waals surface area contributed by atoms with E-state index in [9.17, 15) is 0 Å². The second-order valence-electron chi connectivity index (χ2n) is 13.6. The Kier molecular flexibility index (Phi) is 5.91. The normalized spacial score (nSPS) is 13.3. The number of nitrogens with zero attached hydrogens (tertiary/aromatic N) is 1. The zero-order valence-electron chi connectivity index (χ0n) is 27.8. The summed E-state index contributed by atoms with van der Waals surface area (Å²) in [5.74, 6) is 0. The molecule has 1 heterocycles. The van der Waals surface area contributed by atoms with Crippen LogP contribution in [0.2, 0.25) is 0 Å². The van der Waals surface area contributed by atoms with Gasteiger partial charge in [0.15, 0.2) is 0 Å². The van der Waals surface area contributed by atoms with Crippen LogP contribution in [-0.2, 0) is 5.41 Å². The van der Waals surface area contributed by atoms with E-state index in [0.717, 1.165) is 39.0 Å². The van der Waals surface area contributed by atoms with Crippen molar-refractivity contribution in [3.63, 3.8) is 0 Å². The molecule has 238 valence electrons. The van der Waals surface area contributed by atoms with Crippen molar-refractivity contribution < 1.29 is 4.42 Å². The Balaban J connectivity index is 1.30. The monoisotopic (exact) mass is 649 g/mol. The molecule has 0 atom stereocenters. The number of anilines is 3. The molecule has 2 nitrogen and oxygen atoms in total. The molecule has 8 aromatic carbocycles. The molecule has 1 aromatic heterocycles. The lowest BCUT2D eigenvalue weighted by molar-refractivity contribution is 0.666. The Morgan fingerprint density at radius 3 is 1.59 bits per heavy atom. The molecule has 51 heavy (non-hydrogen) atoms. The van der Waals surface area contributed by atoms with Gasteiger partial charge in [0, 0.05) is 22.3 Å². The molecule has 0 saturated heterocycles. The van der Waals surface area contributed by atoms with Crippen LogP contribution in [-0.4, -0.2) is 0 Å². The largest absolute Gasteiger partial charge is 0.456 e. The van der Waals surface area contributed by atoms with E-state index >= 15 is 0 Å². The summed E-state index contributed by atoms with van der Waals surface area (Å²) in [6.45, 7) is 0. The van der Waals surface area contributed by atoms with E-state index < -0.39 is 5.41 Å². The number of hydrogen-bond donors (Lipinski definition) is 0. The third-order valence-corrected chi connectivity index (χ3v) is 11.1. The molecule has 0 radical (unpaired) electrons. The Morgan fingerprint density at radius 1 is 0.392 bits per heavy atom. The van der Waals surface area contributed by atoms with Gasteiger partial charge in [-0.25, -0.2) is 0 Å². The van der Waals surface area contributed by atoms with Gasteiger partial charge in [0.25, 0.3) is 0 Å². The molecular weight excluding hydrogens is 619 g/mol. The first-order valence-corrected chi connectivity index (χ1v) is 17.6. The molecule has 0 fully saturated rings. The van der Waals surface area contributed by atoms with Crippen molar-refractivity contribution in [3.8, 4) is 33.4 Å². The zero-order valence-corrected chi connectivity index (χ0v) is 27.8. The number of fused-ring (bicyclic) bond motifs is 13. The van der Waals surface area contributed by atoms with E-state index in [2.05, 4.69) is 193 Å². The highest BCUT2D eigenvalue weighted by Gasteiger charge is 2.53. The lowest BCUT2D eigenvalue weighted by Crippen LogP contribution is -2.26. The van der Waals surface area contributed by atoms with Gasteiger partial charge >= 0.3 is 0 Å². The fourth-order valence-electron chi connectivity index (χ4n) is 9.06. The Morgan fingerprint density at radius 2 is 0.902 bits per heavy atom. The minimum atomic E-state index is -0.499. The van der Waals surface area contributed by atoms with Crippen LogP contribution in [0.3, 0.4) is 0 Å². The van der Waals surface area contributed by atoms with Gasteiger partial charge in [-0.15, -0.1) is 0 Å². The van der Waals surface area contributed by atoms with Crippen molar-refractivity contribution in [1.29, 1.82) is 0 Å². The quantitative estimate of drug-likeness (QED) is 0.189. The SMILES string of the molecule is c1ccc(-c2ccc(N(c3ccccc3)c3c4c(cc5oc6ccccc6c35)C3(c5ccccc5-c5ccccc53)c3ccccc3-4)cc2)cc1. The van der Waals surface area contributed by atoms with E-state index in [1.807, 2.05) is 0 Å². The number of hydrogen-bond acceptors (Lipinski definition) is 2. The van der Waals surface area contributed by atoms with Crippen molar-refractivity contribution in [2.75, 3.05) is 4.90 Å². The standard InChI is InChI=1S/C49H31NO/c1-3-15-32(16-4-1)33-27-29-35(30-28-33)50(34-17-5-2-6-18-34)48-46-38-21-9-13-25-42(38)49(40-23-11-7-19-36(40)37-20-8-12-24-41(37)49)43(46)31-45-47(48)39-22-10-14-26-44(39)51-45/h1-31H. The van der Waals surface area contributed by atoms with Gasteiger partial charge in [-0.05, 0) is 86.5 Å². The van der Waals surface area contributed by atoms with Crippen molar-refractivity contribution in [3.05, 3.63) is 210 Å². The summed E-state index contributed by atoms with van der Waals surface area (Å²) in [6.07, 6.45) is 0. The maximum absolute atomic E-state index is 6.87. The van der Waals surface area contributed by atoms with Crippen LogP contribution in [0.25, 0.3) is 55.3 Å². The summed E-state index contributed by atoms with van der Waals surface area (Å²) < 4.78 is 6.87. The van der Waals surface area contributed by atoms with Crippen molar-refractivity contribution in [2.24, 2.45) is 0 Å². The maximum atomic E-state index is 6.87. The van der Waals surface area contributed by atoms with Gasteiger partial charge in [-0.1, -0.05) is 152 Å². The topological polar surface area (TPSA) is 16.4 Å². The van der Waals surface area contributed by atoms with E-state index in [4.69, 9.17) is 4.42 Å². The first-order chi connectivity index (χ1) is 25.3. The van der Waals surface area contributed by atoms with E-state index in [-0.39, 0.29) is 0 Å². The minimum absolute atomic E-state index is 0.499. The van der Waals surface area contributed by atoms with Crippen molar-refractivity contribution in [2.45, 2.75) is 5.41 Å². The highest BCUT2D eigenvalue weighted by atomic mass is 16.3. The molecule has 1 spiro atoms. The molecule has 0 N–H and O–H groups in total. The molecule has 2 aliphatic rings. The van der Waals surface area contributed by atoms with Crippen LogP contribution in [0.4, 0.5) is 17.1 Å². The van der Waals surface area contributed by atoms with Crippen molar-refractivity contribution >= 4 is 39.0 Å². The number of para-hydroxylation sites is 2. The predicted octanol–water partition coefficient (Wildman–Crippen LogP) is 13.1. The predicted molar refractivity (Wildman–Crippen MR) is 210 cm³/mol. The molecule has 11 rings (SSSR count). The van der Waals surface area contributed by atoms with Gasteiger partial charge in [0.05, 0.1) is 16.5 Å². The average Bonchev–Trinajstić information content (AvgIpc) is 3.83. The summed E-state index contributed by atoms with van der Waals surface area (Å²) in [5.41, 5.74) is 17.3. The average molecular weight is 650 g/mol. The van der Waals surface area contributed by atoms with Crippen LogP contribution >= 0.6 is 0 Å². The highest BCUT2D eigenvalue weighted by molar-refractivity contribution is 6.19. The molecule has 0 aliphatic heterocycles. The lowest BCUT2D eigenvalue weighted by Gasteiger charge is -2.32. The molecule has 0 saturated carbocycles. The Bertz CT molecular complexity index is 2750. The Labute approximate surface area is 296 Å². The van der Waals surface area contributed by atoms with Gasteiger partial charge < -0.3 is 9.32 Å². The summed E-state index contributed by atoms with van der Waals surface area (Å²) in [7, 11) is 0. The second-order valence-corrected chi connectivity index (χ2v) is 13.6. The first kappa shape index (κ1) is 28.2. The number of rotatable bonds is 4. The van der Waals surface area contributed by atoms with Gasteiger partial charge in [-0.3, -0.25) is 0 Å². The van der Waals surface area contributed by atoms with Crippen molar-refractivity contribution in [1.82, 2.24) is 0 Å². The smallest absolute Gasteiger partial charge is 0.137 e. The summed E-state index contributed by atoms with van der Waals surface area (Å²) >= 11 is 0. The van der Waals surface area contributed by atoms with E-state index in [1.165, 1.54) is 55.6 Å². The maximum Gasteiger partial charge on any atom is 0.137 e. The third kappa shape index (κ3) is 3.82.